The number of ether oxygens (including phenoxy) is 2. The number of rotatable bonds is 8. The van der Waals surface area contributed by atoms with Crippen molar-refractivity contribution < 1.29 is 17.9 Å². The van der Waals surface area contributed by atoms with Gasteiger partial charge in [-0.05, 0) is 50.5 Å². The summed E-state index contributed by atoms with van der Waals surface area (Å²) in [6.45, 7) is 2.41. The minimum Gasteiger partial charge on any atom is -0.492 e. The van der Waals surface area contributed by atoms with Gasteiger partial charge in [-0.25, -0.2) is 8.42 Å². The van der Waals surface area contributed by atoms with Gasteiger partial charge < -0.3 is 20.1 Å². The molecule has 2 aromatic rings. The van der Waals surface area contributed by atoms with Crippen molar-refractivity contribution in [2.24, 2.45) is 0 Å². The molecule has 25 heavy (non-hydrogen) atoms. The summed E-state index contributed by atoms with van der Waals surface area (Å²) in [6.07, 6.45) is 0. The number of hydrogen-bond donors (Lipinski definition) is 2. The van der Waals surface area contributed by atoms with Crippen LogP contribution in [0, 0.1) is 0 Å². The number of sulfone groups is 1. The van der Waals surface area contributed by atoms with E-state index in [1.807, 2.05) is 14.1 Å². The third-order valence-corrected chi connectivity index (χ3v) is 5.87. The van der Waals surface area contributed by atoms with E-state index >= 15 is 0 Å². The number of fused-ring (bicyclic) bond motifs is 3. The van der Waals surface area contributed by atoms with Crippen LogP contribution in [0.1, 0.15) is 0 Å². The zero-order valence-corrected chi connectivity index (χ0v) is 15.2. The summed E-state index contributed by atoms with van der Waals surface area (Å²) in [5, 5.41) is 5.99. The Morgan fingerprint density at radius 1 is 0.800 bits per heavy atom. The van der Waals surface area contributed by atoms with Gasteiger partial charge in [0.25, 0.3) is 0 Å². The summed E-state index contributed by atoms with van der Waals surface area (Å²) >= 11 is 0. The van der Waals surface area contributed by atoms with E-state index < -0.39 is 9.84 Å². The van der Waals surface area contributed by atoms with Crippen LogP contribution < -0.4 is 20.1 Å². The van der Waals surface area contributed by atoms with E-state index in [9.17, 15) is 8.42 Å². The van der Waals surface area contributed by atoms with Crippen LogP contribution in [0.25, 0.3) is 11.1 Å². The first kappa shape index (κ1) is 17.7. The SMILES string of the molecule is CNCCOc1ccc2c(c1)-c1ccc(OCCNC)cc1S2(=O)=O. The Morgan fingerprint density at radius 3 is 2.04 bits per heavy atom. The second-order valence-corrected chi connectivity index (χ2v) is 7.61. The van der Waals surface area contributed by atoms with Crippen LogP contribution in [0.2, 0.25) is 0 Å². The maximum atomic E-state index is 12.8. The minimum absolute atomic E-state index is 0.289. The summed E-state index contributed by atoms with van der Waals surface area (Å²) < 4.78 is 36.9. The van der Waals surface area contributed by atoms with E-state index in [0.29, 0.717) is 47.3 Å². The van der Waals surface area contributed by atoms with Gasteiger partial charge in [-0.1, -0.05) is 0 Å². The highest BCUT2D eigenvalue weighted by molar-refractivity contribution is 7.92. The fourth-order valence-corrected chi connectivity index (χ4v) is 4.42. The van der Waals surface area contributed by atoms with Crippen LogP contribution >= 0.6 is 0 Å². The molecule has 0 radical (unpaired) electrons. The van der Waals surface area contributed by atoms with Crippen molar-refractivity contribution in [3.63, 3.8) is 0 Å². The molecule has 0 saturated carbocycles. The monoisotopic (exact) mass is 362 g/mol. The first-order valence-corrected chi connectivity index (χ1v) is 9.64. The molecule has 0 amide bonds. The Balaban J connectivity index is 1.92. The number of hydrogen-bond acceptors (Lipinski definition) is 6. The fourth-order valence-electron chi connectivity index (χ4n) is 2.74. The highest BCUT2D eigenvalue weighted by Crippen LogP contribution is 2.45. The van der Waals surface area contributed by atoms with Gasteiger partial charge in [0, 0.05) is 24.2 Å². The Morgan fingerprint density at radius 2 is 1.40 bits per heavy atom. The van der Waals surface area contributed by atoms with E-state index in [2.05, 4.69) is 10.6 Å². The Labute approximate surface area is 148 Å². The van der Waals surface area contributed by atoms with Crippen molar-refractivity contribution in [1.29, 1.82) is 0 Å². The van der Waals surface area contributed by atoms with Crippen LogP contribution in [-0.2, 0) is 9.84 Å². The maximum Gasteiger partial charge on any atom is 0.207 e. The van der Waals surface area contributed by atoms with Gasteiger partial charge in [0.1, 0.15) is 24.7 Å². The van der Waals surface area contributed by atoms with E-state index in [4.69, 9.17) is 9.47 Å². The molecule has 0 aliphatic carbocycles. The van der Waals surface area contributed by atoms with E-state index in [0.717, 1.165) is 6.54 Å². The molecule has 6 nitrogen and oxygen atoms in total. The molecule has 1 heterocycles. The zero-order chi connectivity index (χ0) is 17.9. The van der Waals surface area contributed by atoms with Gasteiger partial charge in [0.2, 0.25) is 9.84 Å². The molecule has 0 unspecified atom stereocenters. The Bertz CT molecular complexity index is 865. The predicted octanol–water partition coefficient (Wildman–Crippen LogP) is 1.70. The van der Waals surface area contributed by atoms with Crippen LogP contribution in [-0.4, -0.2) is 48.8 Å². The van der Waals surface area contributed by atoms with Gasteiger partial charge in [-0.2, -0.15) is 0 Å². The summed E-state index contributed by atoms with van der Waals surface area (Å²) in [6, 6.07) is 10.3. The lowest BCUT2D eigenvalue weighted by atomic mass is 10.1. The largest absolute Gasteiger partial charge is 0.492 e. The van der Waals surface area contributed by atoms with Gasteiger partial charge in [0.05, 0.1) is 9.79 Å². The number of likely N-dealkylation sites (N-methyl/N-ethyl adjacent to an activating group) is 2. The summed E-state index contributed by atoms with van der Waals surface area (Å²) in [7, 11) is 0.166. The van der Waals surface area contributed by atoms with E-state index in [1.54, 1.807) is 36.4 Å². The molecule has 1 aliphatic rings. The molecule has 1 aliphatic heterocycles. The second kappa shape index (κ2) is 7.43. The lowest BCUT2D eigenvalue weighted by Crippen LogP contribution is -2.16. The normalized spacial score (nSPS) is 14.0. The Hall–Kier alpha value is -2.09. The quantitative estimate of drug-likeness (QED) is 0.594. The molecule has 3 rings (SSSR count). The molecule has 0 bridgehead atoms. The van der Waals surface area contributed by atoms with Crippen LogP contribution in [0.3, 0.4) is 0 Å². The van der Waals surface area contributed by atoms with Crippen molar-refractivity contribution in [2.45, 2.75) is 9.79 Å². The fraction of sp³-hybridized carbons (Fsp3) is 0.333. The van der Waals surface area contributed by atoms with E-state index in [-0.39, 0.29) is 4.90 Å². The molecule has 0 aromatic heterocycles. The van der Waals surface area contributed by atoms with Crippen LogP contribution in [0.4, 0.5) is 0 Å². The third-order valence-electron chi connectivity index (χ3n) is 4.01. The number of nitrogens with one attached hydrogen (secondary N) is 2. The first-order valence-electron chi connectivity index (χ1n) is 8.16. The van der Waals surface area contributed by atoms with Crippen molar-refractivity contribution in [2.75, 3.05) is 40.4 Å². The van der Waals surface area contributed by atoms with Crippen molar-refractivity contribution in [1.82, 2.24) is 10.6 Å². The molecule has 0 spiro atoms. The topological polar surface area (TPSA) is 76.7 Å². The van der Waals surface area contributed by atoms with Gasteiger partial charge in [-0.3, -0.25) is 0 Å². The third kappa shape index (κ3) is 3.49. The Kier molecular flexibility index (Phi) is 5.27. The molecule has 134 valence electrons. The summed E-state index contributed by atoms with van der Waals surface area (Å²) in [5.41, 5.74) is 1.37. The van der Waals surface area contributed by atoms with Crippen LogP contribution in [0.5, 0.6) is 11.5 Å². The predicted molar refractivity (Wildman–Crippen MR) is 96.2 cm³/mol. The lowest BCUT2D eigenvalue weighted by molar-refractivity contribution is 0.317. The second-order valence-electron chi connectivity index (χ2n) is 5.72. The molecule has 0 saturated heterocycles. The molecular formula is C18H22N2O4S. The van der Waals surface area contributed by atoms with Crippen molar-refractivity contribution in [3.05, 3.63) is 36.4 Å². The lowest BCUT2D eigenvalue weighted by Gasteiger charge is -2.08. The smallest absolute Gasteiger partial charge is 0.207 e. The average molecular weight is 362 g/mol. The minimum atomic E-state index is -3.52. The van der Waals surface area contributed by atoms with E-state index in [1.165, 1.54) is 0 Å². The van der Waals surface area contributed by atoms with Crippen LogP contribution in [0.15, 0.2) is 46.2 Å². The molecule has 0 fully saturated rings. The van der Waals surface area contributed by atoms with Crippen molar-refractivity contribution >= 4 is 9.84 Å². The van der Waals surface area contributed by atoms with Gasteiger partial charge in [0.15, 0.2) is 0 Å². The highest BCUT2D eigenvalue weighted by Gasteiger charge is 2.33. The van der Waals surface area contributed by atoms with Gasteiger partial charge >= 0.3 is 0 Å². The number of benzene rings is 2. The molecule has 2 N–H and O–H groups in total. The zero-order valence-electron chi connectivity index (χ0n) is 14.3. The van der Waals surface area contributed by atoms with Gasteiger partial charge in [-0.15, -0.1) is 0 Å². The van der Waals surface area contributed by atoms with Crippen molar-refractivity contribution in [3.8, 4) is 22.6 Å². The maximum absolute atomic E-state index is 12.8. The average Bonchev–Trinajstić information content (AvgIpc) is 2.83. The highest BCUT2D eigenvalue weighted by atomic mass is 32.2. The molecule has 7 heteroatoms. The molecule has 0 atom stereocenters. The summed E-state index contributed by atoms with van der Waals surface area (Å²) in [5.74, 6) is 1.21. The molecular weight excluding hydrogens is 340 g/mol. The summed E-state index contributed by atoms with van der Waals surface area (Å²) in [4.78, 5) is 0.604. The molecule has 2 aromatic carbocycles. The first-order chi connectivity index (χ1) is 12.1. The standard InChI is InChI=1S/C18H22N2O4S/c1-19-7-9-23-13-4-6-17-16(11-13)15-5-3-14(24-10-8-20-2)12-18(15)25(17,21)22/h3-6,11-12,19-20H,7-10H2,1-2H3.